The zero-order valence-electron chi connectivity index (χ0n) is 14.6. The van der Waals surface area contributed by atoms with Crippen molar-refractivity contribution in [2.45, 2.75) is 31.7 Å². The summed E-state index contributed by atoms with van der Waals surface area (Å²) < 4.78 is 1.81. The second kappa shape index (κ2) is 6.82. The van der Waals surface area contributed by atoms with E-state index in [0.717, 1.165) is 56.7 Å². The highest BCUT2D eigenvalue weighted by atomic mass is 16.2. The molecule has 0 bridgehead atoms. The van der Waals surface area contributed by atoms with Crippen molar-refractivity contribution in [1.82, 2.24) is 24.6 Å². The van der Waals surface area contributed by atoms with E-state index >= 15 is 0 Å². The topological polar surface area (TPSA) is 67.2 Å². The second-order valence-electron chi connectivity index (χ2n) is 6.99. The fraction of sp³-hybridized carbons (Fsp3) is 0.556. The predicted octanol–water partition coefficient (Wildman–Crippen LogP) is 1.79. The molecule has 7 nitrogen and oxygen atoms in total. The van der Waals surface area contributed by atoms with Gasteiger partial charge >= 0.3 is 0 Å². The molecule has 2 aliphatic heterocycles. The highest BCUT2D eigenvalue weighted by Gasteiger charge is 2.36. The van der Waals surface area contributed by atoms with Crippen LogP contribution in [0, 0.1) is 5.92 Å². The lowest BCUT2D eigenvalue weighted by atomic mass is 9.95. The number of hydrogen-bond donors (Lipinski definition) is 0. The van der Waals surface area contributed by atoms with Gasteiger partial charge in [-0.2, -0.15) is 5.10 Å². The van der Waals surface area contributed by atoms with Crippen LogP contribution >= 0.6 is 0 Å². The Bertz CT molecular complexity index is 730. The number of likely N-dealkylation sites (tertiary alicyclic amines) is 1. The van der Waals surface area contributed by atoms with Gasteiger partial charge in [-0.25, -0.2) is 4.98 Å². The smallest absolute Gasteiger partial charge is 0.227 e. The summed E-state index contributed by atoms with van der Waals surface area (Å²) >= 11 is 0. The van der Waals surface area contributed by atoms with Gasteiger partial charge in [0, 0.05) is 50.8 Å². The Kier molecular flexibility index (Phi) is 4.38. The van der Waals surface area contributed by atoms with Crippen LogP contribution in [0.15, 0.2) is 31.0 Å². The third-order valence-electron chi connectivity index (χ3n) is 5.29. The summed E-state index contributed by atoms with van der Waals surface area (Å²) in [6, 6.07) is 0.174. The summed E-state index contributed by atoms with van der Waals surface area (Å²) in [5.41, 5.74) is 1.15. The Morgan fingerprint density at radius 1 is 1.16 bits per heavy atom. The first kappa shape index (κ1) is 16.1. The van der Waals surface area contributed by atoms with Crippen LogP contribution in [0.3, 0.4) is 0 Å². The lowest BCUT2D eigenvalue weighted by Gasteiger charge is -2.35. The lowest BCUT2D eigenvalue weighted by Crippen LogP contribution is -2.45. The Labute approximate surface area is 147 Å². The molecule has 0 radical (unpaired) electrons. The van der Waals surface area contributed by atoms with Crippen LogP contribution < -0.4 is 4.90 Å². The summed E-state index contributed by atoms with van der Waals surface area (Å²) in [5.74, 6) is 1.18. The van der Waals surface area contributed by atoms with Crippen molar-refractivity contribution in [3.05, 3.63) is 36.5 Å². The van der Waals surface area contributed by atoms with E-state index in [9.17, 15) is 4.79 Å². The van der Waals surface area contributed by atoms with E-state index in [1.165, 1.54) is 0 Å². The number of piperidine rings is 1. The Balaban J connectivity index is 1.48. The largest absolute Gasteiger partial charge is 0.355 e. The molecule has 7 heteroatoms. The van der Waals surface area contributed by atoms with E-state index in [1.54, 1.807) is 18.6 Å². The number of carbonyl (C=O) groups excluding carboxylic acids is 1. The van der Waals surface area contributed by atoms with Crippen LogP contribution in [0.4, 0.5) is 5.82 Å². The molecule has 2 saturated heterocycles. The molecule has 25 heavy (non-hydrogen) atoms. The Morgan fingerprint density at radius 3 is 2.80 bits per heavy atom. The molecule has 2 atom stereocenters. The number of aryl methyl sites for hydroxylation is 1. The van der Waals surface area contributed by atoms with Crippen LogP contribution in [-0.2, 0) is 11.8 Å². The number of rotatable bonds is 3. The van der Waals surface area contributed by atoms with Crippen LogP contribution in [0.25, 0.3) is 0 Å². The highest BCUT2D eigenvalue weighted by Crippen LogP contribution is 2.34. The molecule has 0 N–H and O–H groups in total. The number of anilines is 1. The van der Waals surface area contributed by atoms with Crippen molar-refractivity contribution < 1.29 is 4.79 Å². The van der Waals surface area contributed by atoms with Crippen molar-refractivity contribution in [2.24, 2.45) is 13.0 Å². The first-order valence-corrected chi connectivity index (χ1v) is 9.02. The monoisotopic (exact) mass is 340 g/mol. The summed E-state index contributed by atoms with van der Waals surface area (Å²) in [7, 11) is 1.92. The summed E-state index contributed by atoms with van der Waals surface area (Å²) in [6.07, 6.45) is 13.1. The molecule has 0 spiro atoms. The van der Waals surface area contributed by atoms with Crippen LogP contribution in [0.5, 0.6) is 0 Å². The fourth-order valence-corrected chi connectivity index (χ4v) is 4.07. The minimum Gasteiger partial charge on any atom is -0.355 e. The molecule has 0 unspecified atom stereocenters. The van der Waals surface area contributed by atoms with Gasteiger partial charge in [0.1, 0.15) is 5.82 Å². The maximum absolute atomic E-state index is 13.2. The highest BCUT2D eigenvalue weighted by molar-refractivity contribution is 5.80. The quantitative estimate of drug-likeness (QED) is 0.852. The van der Waals surface area contributed by atoms with Crippen LogP contribution in [0.1, 0.15) is 37.3 Å². The number of nitrogens with zero attached hydrogens (tertiary/aromatic N) is 6. The molecule has 2 aromatic heterocycles. The minimum absolute atomic E-state index is 0.0352. The van der Waals surface area contributed by atoms with Gasteiger partial charge in [-0.05, 0) is 25.7 Å². The van der Waals surface area contributed by atoms with Crippen molar-refractivity contribution in [3.8, 4) is 0 Å². The SMILES string of the molecule is Cn1cc([C@H]2CCCN2C(=O)[C@H]2CCCN(c3cnccn3)C2)cn1. The number of aromatic nitrogens is 4. The lowest BCUT2D eigenvalue weighted by molar-refractivity contribution is -0.136. The van der Waals surface area contributed by atoms with Gasteiger partial charge in [-0.15, -0.1) is 0 Å². The number of carbonyl (C=O) groups is 1. The van der Waals surface area contributed by atoms with Crippen molar-refractivity contribution in [2.75, 3.05) is 24.5 Å². The molecular weight excluding hydrogens is 316 g/mol. The van der Waals surface area contributed by atoms with Gasteiger partial charge in [0.15, 0.2) is 0 Å². The van der Waals surface area contributed by atoms with Gasteiger partial charge in [0.2, 0.25) is 5.91 Å². The third kappa shape index (κ3) is 3.23. The van der Waals surface area contributed by atoms with Crippen LogP contribution in [0.2, 0.25) is 0 Å². The molecule has 1 amide bonds. The molecule has 132 valence electrons. The Morgan fingerprint density at radius 2 is 2.04 bits per heavy atom. The first-order valence-electron chi connectivity index (χ1n) is 9.02. The number of amides is 1. The predicted molar refractivity (Wildman–Crippen MR) is 93.9 cm³/mol. The normalized spacial score (nSPS) is 23.9. The molecule has 4 rings (SSSR count). The zero-order chi connectivity index (χ0) is 17.2. The summed E-state index contributed by atoms with van der Waals surface area (Å²) in [6.45, 7) is 2.52. The van der Waals surface area contributed by atoms with Gasteiger partial charge in [-0.1, -0.05) is 0 Å². The van der Waals surface area contributed by atoms with Gasteiger partial charge in [0.05, 0.1) is 24.4 Å². The minimum atomic E-state index is 0.0352. The average Bonchev–Trinajstić information content (AvgIpc) is 3.30. The second-order valence-corrected chi connectivity index (χ2v) is 6.99. The molecule has 4 heterocycles. The molecule has 0 aliphatic carbocycles. The summed E-state index contributed by atoms with van der Waals surface area (Å²) in [5, 5.41) is 4.27. The zero-order valence-corrected chi connectivity index (χ0v) is 14.6. The fourth-order valence-electron chi connectivity index (χ4n) is 4.07. The first-order chi connectivity index (χ1) is 12.2. The van der Waals surface area contributed by atoms with E-state index in [2.05, 4.69) is 24.9 Å². The van der Waals surface area contributed by atoms with Crippen molar-refractivity contribution >= 4 is 11.7 Å². The molecule has 2 aliphatic rings. The van der Waals surface area contributed by atoms with Crippen LogP contribution in [-0.4, -0.2) is 50.2 Å². The maximum Gasteiger partial charge on any atom is 0.227 e. The van der Waals surface area contributed by atoms with Crippen molar-refractivity contribution in [1.29, 1.82) is 0 Å². The van der Waals surface area contributed by atoms with Gasteiger partial charge in [0.25, 0.3) is 0 Å². The van der Waals surface area contributed by atoms with Gasteiger partial charge < -0.3 is 9.80 Å². The maximum atomic E-state index is 13.2. The van der Waals surface area contributed by atoms with Gasteiger partial charge in [-0.3, -0.25) is 14.5 Å². The Hall–Kier alpha value is -2.44. The standard InChI is InChI=1S/C18H24N6O/c1-22-12-15(10-21-22)16-5-3-9-24(16)18(25)14-4-2-8-23(13-14)17-11-19-6-7-20-17/h6-7,10-12,14,16H,2-5,8-9,13H2,1H3/t14-,16+/m0/s1. The molecular formula is C18H24N6O. The molecule has 0 saturated carbocycles. The number of hydrogen-bond acceptors (Lipinski definition) is 5. The molecule has 0 aromatic carbocycles. The molecule has 2 aromatic rings. The van der Waals surface area contributed by atoms with Crippen molar-refractivity contribution in [3.63, 3.8) is 0 Å². The third-order valence-corrected chi connectivity index (χ3v) is 5.29. The summed E-state index contributed by atoms with van der Waals surface area (Å²) in [4.78, 5) is 26.0. The van der Waals surface area contributed by atoms with E-state index in [1.807, 2.05) is 24.1 Å². The van der Waals surface area contributed by atoms with E-state index in [4.69, 9.17) is 0 Å². The average molecular weight is 340 g/mol. The van der Waals surface area contributed by atoms with E-state index < -0.39 is 0 Å². The molecule has 2 fully saturated rings. The van der Waals surface area contributed by atoms with E-state index in [0.29, 0.717) is 0 Å². The van der Waals surface area contributed by atoms with E-state index in [-0.39, 0.29) is 17.9 Å².